The van der Waals surface area contributed by atoms with Crippen molar-refractivity contribution in [1.29, 1.82) is 0 Å². The molecular formula is C8H19N5. The molecule has 1 unspecified atom stereocenters. The van der Waals surface area contributed by atoms with Gasteiger partial charge < -0.3 is 10.2 Å². The zero-order chi connectivity index (χ0) is 9.68. The Morgan fingerprint density at radius 1 is 1.69 bits per heavy atom. The minimum absolute atomic E-state index is 0.662. The van der Waals surface area contributed by atoms with E-state index in [0.717, 1.165) is 19.0 Å². The predicted molar refractivity (Wildman–Crippen MR) is 54.3 cm³/mol. The van der Waals surface area contributed by atoms with Crippen molar-refractivity contribution in [3.63, 3.8) is 0 Å². The molecule has 0 amide bonds. The van der Waals surface area contributed by atoms with Crippen LogP contribution in [0.2, 0.25) is 0 Å². The Labute approximate surface area is 79.4 Å². The van der Waals surface area contributed by atoms with Crippen molar-refractivity contribution < 1.29 is 0 Å². The minimum atomic E-state index is 0.662. The third-order valence-electron chi connectivity index (χ3n) is 2.41. The maximum atomic E-state index is 5.24. The third-order valence-corrected chi connectivity index (χ3v) is 2.41. The van der Waals surface area contributed by atoms with Gasteiger partial charge in [-0.3, -0.25) is 10.4 Å². The highest BCUT2D eigenvalue weighted by Crippen LogP contribution is 2.12. The first-order valence-corrected chi connectivity index (χ1v) is 4.62. The lowest BCUT2D eigenvalue weighted by Gasteiger charge is -2.13. The highest BCUT2D eigenvalue weighted by Gasteiger charge is 2.18. The molecule has 0 saturated carbocycles. The van der Waals surface area contributed by atoms with E-state index >= 15 is 0 Å². The second-order valence-corrected chi connectivity index (χ2v) is 3.51. The van der Waals surface area contributed by atoms with Crippen molar-refractivity contribution >= 4 is 5.96 Å². The van der Waals surface area contributed by atoms with Gasteiger partial charge in [0.25, 0.3) is 0 Å². The summed E-state index contributed by atoms with van der Waals surface area (Å²) in [6.45, 7) is 3.30. The number of rotatable bonds is 2. The van der Waals surface area contributed by atoms with E-state index in [1.54, 1.807) is 7.05 Å². The molecule has 0 aromatic carbocycles. The fraction of sp³-hybridized carbons (Fsp3) is 0.875. The molecule has 13 heavy (non-hydrogen) atoms. The molecule has 1 fully saturated rings. The van der Waals surface area contributed by atoms with Gasteiger partial charge in [-0.05, 0) is 25.9 Å². The van der Waals surface area contributed by atoms with Gasteiger partial charge in [0.15, 0.2) is 0 Å². The third kappa shape index (κ3) is 3.20. The summed E-state index contributed by atoms with van der Waals surface area (Å²) >= 11 is 0. The van der Waals surface area contributed by atoms with E-state index in [9.17, 15) is 0 Å². The smallest absolute Gasteiger partial charge is 0.205 e. The number of hydrogen-bond donors (Lipinski definition) is 3. The second kappa shape index (κ2) is 5.04. The van der Waals surface area contributed by atoms with Gasteiger partial charge in [-0.1, -0.05) is 0 Å². The van der Waals surface area contributed by atoms with Crippen LogP contribution < -0.4 is 16.6 Å². The maximum Gasteiger partial charge on any atom is 0.205 e. The van der Waals surface area contributed by atoms with E-state index in [4.69, 9.17) is 5.84 Å². The van der Waals surface area contributed by atoms with Crippen molar-refractivity contribution in [3.8, 4) is 0 Å². The van der Waals surface area contributed by atoms with E-state index in [1.807, 2.05) is 0 Å². The van der Waals surface area contributed by atoms with Crippen molar-refractivity contribution in [2.75, 3.05) is 33.7 Å². The number of nitrogens with one attached hydrogen (secondary N) is 2. The average molecular weight is 185 g/mol. The summed E-state index contributed by atoms with van der Waals surface area (Å²) < 4.78 is 0. The van der Waals surface area contributed by atoms with E-state index in [-0.39, 0.29) is 0 Å². The number of hydrogen-bond acceptors (Lipinski definition) is 3. The molecule has 0 aliphatic carbocycles. The Morgan fingerprint density at radius 3 is 2.92 bits per heavy atom. The number of guanidine groups is 1. The van der Waals surface area contributed by atoms with Gasteiger partial charge in [0, 0.05) is 20.1 Å². The van der Waals surface area contributed by atoms with Gasteiger partial charge in [-0.15, -0.1) is 0 Å². The van der Waals surface area contributed by atoms with Crippen molar-refractivity contribution in [1.82, 2.24) is 15.6 Å². The summed E-state index contributed by atoms with van der Waals surface area (Å²) in [7, 11) is 3.86. The van der Waals surface area contributed by atoms with Gasteiger partial charge in [-0.25, -0.2) is 5.84 Å². The molecule has 0 aromatic rings. The zero-order valence-corrected chi connectivity index (χ0v) is 8.38. The van der Waals surface area contributed by atoms with Crippen LogP contribution in [0.1, 0.15) is 6.42 Å². The van der Waals surface area contributed by atoms with Crippen LogP contribution in [0.25, 0.3) is 0 Å². The first-order valence-electron chi connectivity index (χ1n) is 4.62. The molecule has 5 nitrogen and oxygen atoms in total. The molecule has 0 aromatic heterocycles. The molecule has 76 valence electrons. The van der Waals surface area contributed by atoms with E-state index < -0.39 is 0 Å². The molecule has 1 saturated heterocycles. The molecule has 1 aliphatic heterocycles. The molecule has 1 heterocycles. The van der Waals surface area contributed by atoms with Gasteiger partial charge in [0.2, 0.25) is 5.96 Å². The van der Waals surface area contributed by atoms with Gasteiger partial charge in [-0.2, -0.15) is 0 Å². The molecule has 1 atom stereocenters. The lowest BCUT2D eigenvalue weighted by Crippen LogP contribution is -2.43. The fourth-order valence-corrected chi connectivity index (χ4v) is 1.63. The molecule has 1 aliphatic rings. The van der Waals surface area contributed by atoms with Crippen LogP contribution in [0.5, 0.6) is 0 Å². The highest BCUT2D eigenvalue weighted by atomic mass is 15.3. The minimum Gasteiger partial charge on any atom is -0.355 e. The first kappa shape index (κ1) is 10.3. The van der Waals surface area contributed by atoms with Crippen LogP contribution in [-0.4, -0.2) is 44.6 Å². The lowest BCUT2D eigenvalue weighted by atomic mass is 10.1. The summed E-state index contributed by atoms with van der Waals surface area (Å²) in [6, 6.07) is 0. The Balaban J connectivity index is 2.19. The number of aliphatic imine (C=N–C) groups is 1. The van der Waals surface area contributed by atoms with Crippen LogP contribution >= 0.6 is 0 Å². The largest absolute Gasteiger partial charge is 0.355 e. The summed E-state index contributed by atoms with van der Waals surface area (Å²) in [5.41, 5.74) is 2.51. The lowest BCUT2D eigenvalue weighted by molar-refractivity contribution is 0.394. The normalized spacial score (nSPS) is 24.8. The van der Waals surface area contributed by atoms with Crippen LogP contribution in [0.3, 0.4) is 0 Å². The van der Waals surface area contributed by atoms with Crippen molar-refractivity contribution in [3.05, 3.63) is 0 Å². The quantitative estimate of drug-likeness (QED) is 0.223. The Morgan fingerprint density at radius 2 is 2.46 bits per heavy atom. The molecular weight excluding hydrogens is 166 g/mol. The van der Waals surface area contributed by atoms with Gasteiger partial charge in [0.05, 0.1) is 0 Å². The summed E-state index contributed by atoms with van der Waals surface area (Å²) in [6.07, 6.45) is 1.26. The van der Waals surface area contributed by atoms with Crippen molar-refractivity contribution in [2.45, 2.75) is 6.42 Å². The molecule has 5 heteroatoms. The van der Waals surface area contributed by atoms with E-state index in [0.29, 0.717) is 5.96 Å². The van der Waals surface area contributed by atoms with E-state index in [1.165, 1.54) is 13.0 Å². The Kier molecular flexibility index (Phi) is 3.98. The fourth-order valence-electron chi connectivity index (χ4n) is 1.63. The van der Waals surface area contributed by atoms with Crippen LogP contribution in [-0.2, 0) is 0 Å². The SMILES string of the molecule is CN=C(NN)NCC1CCN(C)C1. The standard InChI is InChI=1S/C8H19N5/c1-10-8(12-9)11-5-7-3-4-13(2)6-7/h7H,3-6,9H2,1-2H3,(H2,10,11,12). The summed E-state index contributed by atoms with van der Waals surface area (Å²) in [4.78, 5) is 6.28. The average Bonchev–Trinajstić information content (AvgIpc) is 2.53. The summed E-state index contributed by atoms with van der Waals surface area (Å²) in [5.74, 6) is 6.62. The molecule has 1 rings (SSSR count). The number of nitrogens with two attached hydrogens (primary N) is 1. The summed E-state index contributed by atoms with van der Waals surface area (Å²) in [5, 5.41) is 3.17. The maximum absolute atomic E-state index is 5.24. The molecule has 0 bridgehead atoms. The van der Waals surface area contributed by atoms with E-state index in [2.05, 4.69) is 27.7 Å². The number of hydrazine groups is 1. The predicted octanol–water partition coefficient (Wildman–Crippen LogP) is -1.02. The number of nitrogens with zero attached hydrogens (tertiary/aromatic N) is 2. The topological polar surface area (TPSA) is 65.7 Å². The van der Waals surface area contributed by atoms with Crippen LogP contribution in [0.15, 0.2) is 4.99 Å². The molecule has 0 spiro atoms. The zero-order valence-electron chi connectivity index (χ0n) is 8.38. The van der Waals surface area contributed by atoms with Crippen LogP contribution in [0.4, 0.5) is 0 Å². The second-order valence-electron chi connectivity index (χ2n) is 3.51. The first-order chi connectivity index (χ1) is 6.26. The number of likely N-dealkylation sites (tertiary alicyclic amines) is 1. The molecule has 4 N–H and O–H groups in total. The molecule has 0 radical (unpaired) electrons. The van der Waals surface area contributed by atoms with Crippen molar-refractivity contribution in [2.24, 2.45) is 16.8 Å². The Bertz CT molecular complexity index is 179. The Hall–Kier alpha value is -0.810. The van der Waals surface area contributed by atoms with Gasteiger partial charge in [0.1, 0.15) is 0 Å². The highest BCUT2D eigenvalue weighted by molar-refractivity contribution is 5.78. The van der Waals surface area contributed by atoms with Gasteiger partial charge >= 0.3 is 0 Å². The monoisotopic (exact) mass is 185 g/mol. The van der Waals surface area contributed by atoms with Crippen LogP contribution in [0, 0.1) is 5.92 Å².